The number of anilines is 1. The number of benzene rings is 2. The van der Waals surface area contributed by atoms with Crippen molar-refractivity contribution < 1.29 is 21.8 Å². The maximum Gasteiger partial charge on any atom is 0.271 e. The maximum absolute atomic E-state index is 12.3. The highest BCUT2D eigenvalue weighted by atomic mass is 32.2. The molecule has 23 heavy (non-hydrogen) atoms. The van der Waals surface area contributed by atoms with E-state index in [1.807, 2.05) is 0 Å². The Morgan fingerprint density at radius 1 is 0.957 bits per heavy atom. The minimum Gasteiger partial charge on any atom is -0.279 e. The lowest BCUT2D eigenvalue weighted by Gasteiger charge is -2.09. The summed E-state index contributed by atoms with van der Waals surface area (Å²) in [6.45, 7) is 0. The first-order valence-electron chi connectivity index (χ1n) is 6.17. The van der Waals surface area contributed by atoms with Gasteiger partial charge in [-0.15, -0.1) is 0 Å². The first-order chi connectivity index (χ1) is 10.6. The average Bonchev–Trinajstić information content (AvgIpc) is 2.46. The molecule has 0 aliphatic heterocycles. The first kappa shape index (κ1) is 16.9. The molecule has 1 N–H and O–H groups in total. The molecule has 8 nitrogen and oxygen atoms in total. The molecule has 0 saturated heterocycles. The lowest BCUT2D eigenvalue weighted by atomic mass is 10.3. The largest absolute Gasteiger partial charge is 0.279 e. The SMILES string of the molecule is CS(=O)(=O)c1cccc(S(=O)(=O)Nc2cccc([N+](=O)[O-])c2)c1. The molecule has 0 spiro atoms. The summed E-state index contributed by atoms with van der Waals surface area (Å²) in [5, 5.41) is 10.7. The summed E-state index contributed by atoms with van der Waals surface area (Å²) in [6.07, 6.45) is 0.965. The summed E-state index contributed by atoms with van der Waals surface area (Å²) in [6, 6.07) is 9.82. The zero-order chi connectivity index (χ0) is 17.3. The number of hydrogen-bond acceptors (Lipinski definition) is 6. The van der Waals surface area contributed by atoms with Crippen molar-refractivity contribution in [3.63, 3.8) is 0 Å². The van der Waals surface area contributed by atoms with Crippen LogP contribution in [0.4, 0.5) is 11.4 Å². The molecule has 122 valence electrons. The summed E-state index contributed by atoms with van der Waals surface area (Å²) < 4.78 is 49.8. The van der Waals surface area contributed by atoms with Crippen molar-refractivity contribution >= 4 is 31.2 Å². The molecule has 0 atom stereocenters. The molecule has 0 radical (unpaired) electrons. The summed E-state index contributed by atoms with van der Waals surface area (Å²) in [5.41, 5.74) is -0.265. The molecule has 0 saturated carbocycles. The zero-order valence-corrected chi connectivity index (χ0v) is 13.5. The van der Waals surface area contributed by atoms with Gasteiger partial charge in [-0.1, -0.05) is 12.1 Å². The van der Waals surface area contributed by atoms with E-state index in [0.29, 0.717) is 0 Å². The molecule has 0 aliphatic carbocycles. The minimum absolute atomic E-state index is 0.00367. The van der Waals surface area contributed by atoms with Crippen molar-refractivity contribution in [3.05, 3.63) is 58.6 Å². The average molecular weight is 356 g/mol. The number of nitro benzene ring substituents is 1. The van der Waals surface area contributed by atoms with Crippen molar-refractivity contribution in [2.75, 3.05) is 11.0 Å². The Morgan fingerprint density at radius 2 is 1.57 bits per heavy atom. The van der Waals surface area contributed by atoms with Crippen LogP contribution in [0.3, 0.4) is 0 Å². The van der Waals surface area contributed by atoms with Gasteiger partial charge in [0.05, 0.1) is 20.4 Å². The van der Waals surface area contributed by atoms with E-state index in [1.165, 1.54) is 36.4 Å². The van der Waals surface area contributed by atoms with Crippen LogP contribution in [0.25, 0.3) is 0 Å². The maximum atomic E-state index is 12.3. The third-order valence-corrected chi connectivity index (χ3v) is 5.34. The third kappa shape index (κ3) is 4.05. The number of sulfone groups is 1. The Kier molecular flexibility index (Phi) is 4.39. The Morgan fingerprint density at radius 3 is 2.17 bits per heavy atom. The van der Waals surface area contributed by atoms with Crippen molar-refractivity contribution in [1.29, 1.82) is 0 Å². The summed E-state index contributed by atoms with van der Waals surface area (Å²) in [7, 11) is -7.63. The normalized spacial score (nSPS) is 11.9. The Balaban J connectivity index is 2.40. The summed E-state index contributed by atoms with van der Waals surface area (Å²) >= 11 is 0. The molecular formula is C13H12N2O6S2. The predicted molar refractivity (Wildman–Crippen MR) is 83.5 cm³/mol. The van der Waals surface area contributed by atoms with Crippen LogP contribution < -0.4 is 4.72 Å². The second-order valence-corrected chi connectivity index (χ2v) is 8.36. The van der Waals surface area contributed by atoms with Crippen LogP contribution in [0.15, 0.2) is 58.3 Å². The molecule has 0 amide bonds. The molecule has 0 fully saturated rings. The van der Waals surface area contributed by atoms with E-state index in [9.17, 15) is 26.9 Å². The summed E-state index contributed by atoms with van der Waals surface area (Å²) in [4.78, 5) is 9.66. The van der Waals surface area contributed by atoms with E-state index >= 15 is 0 Å². The monoisotopic (exact) mass is 356 g/mol. The second-order valence-electron chi connectivity index (χ2n) is 4.66. The molecular weight excluding hydrogens is 344 g/mol. The minimum atomic E-state index is -4.08. The van der Waals surface area contributed by atoms with E-state index in [-0.39, 0.29) is 21.2 Å². The van der Waals surface area contributed by atoms with Crippen LogP contribution in [0.5, 0.6) is 0 Å². The van der Waals surface area contributed by atoms with E-state index in [0.717, 1.165) is 18.4 Å². The first-order valence-corrected chi connectivity index (χ1v) is 9.54. The number of nitro groups is 1. The van der Waals surface area contributed by atoms with Gasteiger partial charge in [-0.05, 0) is 24.3 Å². The zero-order valence-electron chi connectivity index (χ0n) is 11.8. The molecule has 0 aromatic heterocycles. The highest BCUT2D eigenvalue weighted by Gasteiger charge is 2.18. The second kappa shape index (κ2) is 5.97. The standard InChI is InChI=1S/C13H12N2O6S2/c1-22(18,19)12-6-3-7-13(9-12)23(20,21)14-10-4-2-5-11(8-10)15(16)17/h2-9,14H,1H3. The van der Waals surface area contributed by atoms with Gasteiger partial charge < -0.3 is 0 Å². The fourth-order valence-corrected chi connectivity index (χ4v) is 3.61. The molecule has 0 bridgehead atoms. The molecule has 2 aromatic rings. The fraction of sp³-hybridized carbons (Fsp3) is 0.0769. The van der Waals surface area contributed by atoms with Crippen LogP contribution in [-0.4, -0.2) is 28.0 Å². The van der Waals surface area contributed by atoms with Gasteiger partial charge >= 0.3 is 0 Å². The molecule has 0 aliphatic rings. The van der Waals surface area contributed by atoms with Crippen LogP contribution in [0, 0.1) is 10.1 Å². The van der Waals surface area contributed by atoms with Crippen LogP contribution >= 0.6 is 0 Å². The Bertz CT molecular complexity index is 967. The van der Waals surface area contributed by atoms with Crippen molar-refractivity contribution in [1.82, 2.24) is 0 Å². The number of nitrogens with zero attached hydrogens (tertiary/aromatic N) is 1. The lowest BCUT2D eigenvalue weighted by molar-refractivity contribution is -0.384. The van der Waals surface area contributed by atoms with Gasteiger partial charge in [-0.25, -0.2) is 16.8 Å². The van der Waals surface area contributed by atoms with Crippen molar-refractivity contribution in [2.24, 2.45) is 0 Å². The molecule has 2 rings (SSSR count). The highest BCUT2D eigenvalue weighted by molar-refractivity contribution is 7.93. The van der Waals surface area contributed by atoms with Gasteiger partial charge in [0.25, 0.3) is 15.7 Å². The number of hydrogen-bond donors (Lipinski definition) is 1. The van der Waals surface area contributed by atoms with Gasteiger partial charge in [0, 0.05) is 18.4 Å². The Labute approximate surface area is 132 Å². The van der Waals surface area contributed by atoms with Gasteiger partial charge in [0.15, 0.2) is 9.84 Å². The number of rotatable bonds is 5. The van der Waals surface area contributed by atoms with Crippen molar-refractivity contribution in [2.45, 2.75) is 9.79 Å². The van der Waals surface area contributed by atoms with Crippen LogP contribution in [-0.2, 0) is 19.9 Å². The molecule has 10 heteroatoms. The van der Waals surface area contributed by atoms with E-state index < -0.39 is 24.8 Å². The third-order valence-electron chi connectivity index (χ3n) is 2.85. The van der Waals surface area contributed by atoms with Gasteiger partial charge in [0.2, 0.25) is 0 Å². The molecule has 0 heterocycles. The van der Waals surface area contributed by atoms with Gasteiger partial charge in [0.1, 0.15) is 0 Å². The molecule has 0 unspecified atom stereocenters. The summed E-state index contributed by atoms with van der Waals surface area (Å²) in [5.74, 6) is 0. The number of nitrogens with one attached hydrogen (secondary N) is 1. The predicted octanol–water partition coefficient (Wildman–Crippen LogP) is 1.80. The van der Waals surface area contributed by atoms with Crippen molar-refractivity contribution in [3.8, 4) is 0 Å². The van der Waals surface area contributed by atoms with E-state index in [2.05, 4.69) is 4.72 Å². The number of non-ortho nitro benzene ring substituents is 1. The highest BCUT2D eigenvalue weighted by Crippen LogP contribution is 2.22. The quantitative estimate of drug-likeness (QED) is 0.643. The number of sulfonamides is 1. The van der Waals surface area contributed by atoms with Crippen LogP contribution in [0.1, 0.15) is 0 Å². The van der Waals surface area contributed by atoms with Gasteiger partial charge in [-0.3, -0.25) is 14.8 Å². The van der Waals surface area contributed by atoms with Crippen LogP contribution in [0.2, 0.25) is 0 Å². The molecule has 2 aromatic carbocycles. The topological polar surface area (TPSA) is 123 Å². The van der Waals surface area contributed by atoms with Gasteiger partial charge in [-0.2, -0.15) is 0 Å². The lowest BCUT2D eigenvalue weighted by Crippen LogP contribution is -2.13. The fourth-order valence-electron chi connectivity index (χ4n) is 1.77. The smallest absolute Gasteiger partial charge is 0.271 e. The van der Waals surface area contributed by atoms with E-state index in [4.69, 9.17) is 0 Å². The van der Waals surface area contributed by atoms with E-state index in [1.54, 1.807) is 0 Å². The Hall–Kier alpha value is -2.46.